The lowest BCUT2D eigenvalue weighted by Crippen LogP contribution is -2.25. The lowest BCUT2D eigenvalue weighted by Gasteiger charge is -2.21. The van der Waals surface area contributed by atoms with Crippen molar-refractivity contribution in [3.63, 3.8) is 0 Å². The number of ether oxygens (including phenoxy) is 1. The van der Waals surface area contributed by atoms with Crippen molar-refractivity contribution in [3.05, 3.63) is 15.6 Å². The molecular weight excluding hydrogens is 256 g/mol. The summed E-state index contributed by atoms with van der Waals surface area (Å²) in [4.78, 5) is 6.44. The van der Waals surface area contributed by atoms with Crippen LogP contribution < -0.4 is 5.32 Å². The molecule has 0 aliphatic heterocycles. The van der Waals surface area contributed by atoms with Crippen molar-refractivity contribution in [2.45, 2.75) is 57.4 Å². The van der Waals surface area contributed by atoms with Crippen LogP contribution in [-0.4, -0.2) is 30.8 Å². The number of fused-ring (bicyclic) bond motifs is 1. The summed E-state index contributed by atoms with van der Waals surface area (Å²) in [5.74, 6) is 0.654. The third-order valence-corrected chi connectivity index (χ3v) is 5.20. The first-order valence-electron chi connectivity index (χ1n) is 7.66. The minimum atomic E-state index is 0.654. The van der Waals surface area contributed by atoms with Gasteiger partial charge in [0.05, 0.1) is 17.3 Å². The minimum Gasteiger partial charge on any atom is -0.381 e. The molecule has 106 valence electrons. The van der Waals surface area contributed by atoms with E-state index in [4.69, 9.17) is 9.72 Å². The van der Waals surface area contributed by atoms with E-state index in [0.29, 0.717) is 5.92 Å². The second-order valence-corrected chi connectivity index (χ2v) is 6.80. The van der Waals surface area contributed by atoms with Gasteiger partial charge in [-0.15, -0.1) is 11.3 Å². The van der Waals surface area contributed by atoms with Gasteiger partial charge in [0.1, 0.15) is 0 Å². The zero-order valence-electron chi connectivity index (χ0n) is 11.8. The molecule has 1 atom stereocenters. The van der Waals surface area contributed by atoms with E-state index in [0.717, 1.165) is 32.2 Å². The van der Waals surface area contributed by atoms with Crippen LogP contribution in [0.5, 0.6) is 0 Å². The van der Waals surface area contributed by atoms with Crippen molar-refractivity contribution in [1.29, 1.82) is 0 Å². The first kappa shape index (κ1) is 13.5. The number of hydrogen-bond donors (Lipinski definition) is 1. The SMILES string of the molecule is CCOCCc1nc2c(s1)CCCC2CNC1CC1. The van der Waals surface area contributed by atoms with Crippen molar-refractivity contribution < 1.29 is 4.74 Å². The van der Waals surface area contributed by atoms with E-state index < -0.39 is 0 Å². The standard InChI is InChI=1S/C15H24N2OS/c1-2-18-9-8-14-17-15-11(10-16-12-6-7-12)4-3-5-13(15)19-14/h11-12,16H,2-10H2,1H3. The molecule has 2 aliphatic carbocycles. The number of hydrogen-bond acceptors (Lipinski definition) is 4. The highest BCUT2D eigenvalue weighted by Crippen LogP contribution is 2.35. The predicted octanol–water partition coefficient (Wildman–Crippen LogP) is 2.89. The Hall–Kier alpha value is -0.450. The molecule has 0 amide bonds. The molecule has 1 fully saturated rings. The topological polar surface area (TPSA) is 34.1 Å². The average molecular weight is 280 g/mol. The van der Waals surface area contributed by atoms with Gasteiger partial charge in [0, 0.05) is 36.4 Å². The molecule has 19 heavy (non-hydrogen) atoms. The van der Waals surface area contributed by atoms with Crippen LogP contribution in [0.25, 0.3) is 0 Å². The van der Waals surface area contributed by atoms with Crippen LogP contribution in [0.4, 0.5) is 0 Å². The lowest BCUT2D eigenvalue weighted by molar-refractivity contribution is 0.151. The molecule has 2 aliphatic rings. The van der Waals surface area contributed by atoms with Crippen molar-refractivity contribution in [1.82, 2.24) is 10.3 Å². The number of aryl methyl sites for hydroxylation is 1. The first-order chi connectivity index (χ1) is 9.36. The highest BCUT2D eigenvalue weighted by molar-refractivity contribution is 7.11. The summed E-state index contributed by atoms with van der Waals surface area (Å²) < 4.78 is 5.44. The fourth-order valence-electron chi connectivity index (χ4n) is 2.76. The third kappa shape index (κ3) is 3.56. The van der Waals surface area contributed by atoms with Crippen molar-refractivity contribution in [2.75, 3.05) is 19.8 Å². The van der Waals surface area contributed by atoms with Crippen LogP contribution in [0.3, 0.4) is 0 Å². The number of rotatable bonds is 7. The molecule has 0 spiro atoms. The highest BCUT2D eigenvalue weighted by Gasteiger charge is 2.27. The molecule has 1 aromatic rings. The normalized spacial score (nSPS) is 22.5. The van der Waals surface area contributed by atoms with Gasteiger partial charge >= 0.3 is 0 Å². The zero-order valence-corrected chi connectivity index (χ0v) is 12.6. The fraction of sp³-hybridized carbons (Fsp3) is 0.800. The second-order valence-electron chi connectivity index (χ2n) is 5.63. The van der Waals surface area contributed by atoms with Gasteiger partial charge in [0.15, 0.2) is 0 Å². The van der Waals surface area contributed by atoms with E-state index in [1.54, 1.807) is 4.88 Å². The maximum atomic E-state index is 5.44. The fourth-order valence-corrected chi connectivity index (χ4v) is 3.94. The first-order valence-corrected chi connectivity index (χ1v) is 8.48. The Morgan fingerprint density at radius 1 is 1.37 bits per heavy atom. The summed E-state index contributed by atoms with van der Waals surface area (Å²) in [6.07, 6.45) is 7.60. The molecule has 0 aromatic carbocycles. The van der Waals surface area contributed by atoms with Gasteiger partial charge < -0.3 is 10.1 Å². The number of nitrogens with zero attached hydrogens (tertiary/aromatic N) is 1. The molecule has 0 radical (unpaired) electrons. The average Bonchev–Trinajstić information content (AvgIpc) is 3.15. The largest absolute Gasteiger partial charge is 0.381 e. The van der Waals surface area contributed by atoms with Gasteiger partial charge in [0.25, 0.3) is 0 Å². The number of aromatic nitrogens is 1. The number of thiazole rings is 1. The number of nitrogens with one attached hydrogen (secondary N) is 1. The van der Waals surface area contributed by atoms with Crippen molar-refractivity contribution in [3.8, 4) is 0 Å². The van der Waals surface area contributed by atoms with Gasteiger partial charge in [0.2, 0.25) is 0 Å². The summed E-state index contributed by atoms with van der Waals surface area (Å²) in [7, 11) is 0. The maximum absolute atomic E-state index is 5.44. The molecule has 0 saturated heterocycles. The van der Waals surface area contributed by atoms with E-state index in [2.05, 4.69) is 5.32 Å². The lowest BCUT2D eigenvalue weighted by atomic mass is 9.91. The van der Waals surface area contributed by atoms with Gasteiger partial charge in [-0.25, -0.2) is 4.98 Å². The monoisotopic (exact) mass is 280 g/mol. The Morgan fingerprint density at radius 2 is 2.26 bits per heavy atom. The van der Waals surface area contributed by atoms with Gasteiger partial charge in [-0.2, -0.15) is 0 Å². The van der Waals surface area contributed by atoms with E-state index in [1.807, 2.05) is 18.3 Å². The molecule has 3 nitrogen and oxygen atoms in total. The van der Waals surface area contributed by atoms with Crippen LogP contribution in [0.2, 0.25) is 0 Å². The zero-order chi connectivity index (χ0) is 13.1. The van der Waals surface area contributed by atoms with Crippen LogP contribution in [-0.2, 0) is 17.6 Å². The molecule has 1 heterocycles. The maximum Gasteiger partial charge on any atom is 0.0954 e. The van der Waals surface area contributed by atoms with Gasteiger partial charge in [-0.05, 0) is 39.0 Å². The summed E-state index contributed by atoms with van der Waals surface area (Å²) in [5, 5.41) is 4.94. The van der Waals surface area contributed by atoms with Crippen LogP contribution in [0, 0.1) is 0 Å². The van der Waals surface area contributed by atoms with Gasteiger partial charge in [-0.3, -0.25) is 0 Å². The molecule has 3 rings (SSSR count). The molecule has 1 unspecified atom stereocenters. The molecule has 0 bridgehead atoms. The Labute approximate surface area is 119 Å². The predicted molar refractivity (Wildman–Crippen MR) is 79.0 cm³/mol. The Morgan fingerprint density at radius 3 is 3.05 bits per heavy atom. The van der Waals surface area contributed by atoms with Crippen molar-refractivity contribution in [2.24, 2.45) is 0 Å². The Kier molecular flexibility index (Phi) is 4.51. The summed E-state index contributed by atoms with van der Waals surface area (Å²) in [6.45, 7) is 4.80. The third-order valence-electron chi connectivity index (χ3n) is 4.01. The smallest absolute Gasteiger partial charge is 0.0954 e. The van der Waals surface area contributed by atoms with E-state index in [1.165, 1.54) is 42.8 Å². The van der Waals surface area contributed by atoms with E-state index in [-0.39, 0.29) is 0 Å². The molecule has 1 saturated carbocycles. The highest BCUT2D eigenvalue weighted by atomic mass is 32.1. The Bertz CT molecular complexity index is 414. The quantitative estimate of drug-likeness (QED) is 0.780. The van der Waals surface area contributed by atoms with Crippen LogP contribution >= 0.6 is 11.3 Å². The molecule has 1 aromatic heterocycles. The van der Waals surface area contributed by atoms with Crippen LogP contribution in [0.15, 0.2) is 0 Å². The molecular formula is C15H24N2OS. The second kappa shape index (κ2) is 6.33. The minimum absolute atomic E-state index is 0.654. The van der Waals surface area contributed by atoms with E-state index in [9.17, 15) is 0 Å². The molecule has 4 heteroatoms. The Balaban J connectivity index is 1.61. The summed E-state index contributed by atoms with van der Waals surface area (Å²) in [6, 6.07) is 0.807. The van der Waals surface area contributed by atoms with Crippen molar-refractivity contribution >= 4 is 11.3 Å². The molecule has 1 N–H and O–H groups in total. The van der Waals surface area contributed by atoms with Gasteiger partial charge in [-0.1, -0.05) is 0 Å². The van der Waals surface area contributed by atoms with E-state index >= 15 is 0 Å². The summed E-state index contributed by atoms with van der Waals surface area (Å²) >= 11 is 1.92. The van der Waals surface area contributed by atoms with Crippen LogP contribution in [0.1, 0.15) is 54.1 Å². The summed E-state index contributed by atoms with van der Waals surface area (Å²) in [5.41, 5.74) is 1.40.